The van der Waals surface area contributed by atoms with E-state index in [1.807, 2.05) is 11.3 Å². The van der Waals surface area contributed by atoms with Gasteiger partial charge in [-0.05, 0) is 65.0 Å². The highest BCUT2D eigenvalue weighted by molar-refractivity contribution is 9.10. The molecule has 1 N–H and O–H groups in total. The van der Waals surface area contributed by atoms with Gasteiger partial charge >= 0.3 is 0 Å². The second-order valence-corrected chi connectivity index (χ2v) is 7.11. The minimum atomic E-state index is 0.530. The molecule has 1 fully saturated rings. The minimum Gasteiger partial charge on any atom is -0.316 e. The lowest BCUT2D eigenvalue weighted by atomic mass is 9.82. The first-order valence-electron chi connectivity index (χ1n) is 6.68. The lowest BCUT2D eigenvalue weighted by Crippen LogP contribution is -2.34. The van der Waals surface area contributed by atoms with Gasteiger partial charge in [-0.3, -0.25) is 0 Å². The second-order valence-electron chi connectivity index (χ2n) is 5.25. The summed E-state index contributed by atoms with van der Waals surface area (Å²) in [5.74, 6) is 0. The van der Waals surface area contributed by atoms with Crippen molar-refractivity contribution >= 4 is 27.3 Å². The van der Waals surface area contributed by atoms with E-state index in [2.05, 4.69) is 39.6 Å². The van der Waals surface area contributed by atoms with Crippen LogP contribution in [0, 0.1) is 5.41 Å². The largest absolute Gasteiger partial charge is 0.316 e. The van der Waals surface area contributed by atoms with Gasteiger partial charge in [0.05, 0.1) is 0 Å². The van der Waals surface area contributed by atoms with E-state index in [4.69, 9.17) is 0 Å². The van der Waals surface area contributed by atoms with Crippen LogP contribution in [0.25, 0.3) is 0 Å². The van der Waals surface area contributed by atoms with Crippen LogP contribution < -0.4 is 5.32 Å². The fraction of sp³-hybridized carbons (Fsp3) is 0.714. The van der Waals surface area contributed by atoms with Crippen molar-refractivity contribution in [2.24, 2.45) is 5.41 Å². The molecule has 0 unspecified atom stereocenters. The molecule has 0 bridgehead atoms. The van der Waals surface area contributed by atoms with Gasteiger partial charge in [0.2, 0.25) is 0 Å². The summed E-state index contributed by atoms with van der Waals surface area (Å²) in [6.07, 6.45) is 8.11. The molecule has 1 saturated carbocycles. The van der Waals surface area contributed by atoms with E-state index in [9.17, 15) is 0 Å². The molecule has 17 heavy (non-hydrogen) atoms. The molecule has 0 amide bonds. The molecule has 0 atom stereocenters. The topological polar surface area (TPSA) is 12.0 Å². The fourth-order valence-electron chi connectivity index (χ4n) is 2.86. The summed E-state index contributed by atoms with van der Waals surface area (Å²) in [5.41, 5.74) is 0.530. The van der Waals surface area contributed by atoms with E-state index >= 15 is 0 Å². The van der Waals surface area contributed by atoms with Gasteiger partial charge in [0, 0.05) is 15.9 Å². The van der Waals surface area contributed by atoms with E-state index in [-0.39, 0.29) is 0 Å². The average Bonchev–Trinajstić information content (AvgIpc) is 2.91. The van der Waals surface area contributed by atoms with Crippen molar-refractivity contribution in [3.8, 4) is 0 Å². The molecular weight excluding hydrogens is 294 g/mol. The number of rotatable bonds is 6. The molecule has 0 aromatic carbocycles. The van der Waals surface area contributed by atoms with Gasteiger partial charge in [-0.15, -0.1) is 11.3 Å². The van der Waals surface area contributed by atoms with Crippen molar-refractivity contribution in [2.45, 2.75) is 45.4 Å². The molecule has 3 heteroatoms. The average molecular weight is 316 g/mol. The Morgan fingerprint density at radius 2 is 2.18 bits per heavy atom. The molecule has 1 aromatic rings. The number of thiophene rings is 1. The Bertz CT molecular complexity index is 342. The Hall–Kier alpha value is 0.140. The molecule has 1 nitrogen and oxygen atoms in total. The predicted octanol–water partition coefficient (Wildman–Crippen LogP) is 4.61. The van der Waals surface area contributed by atoms with E-state index in [1.165, 1.54) is 54.4 Å². The van der Waals surface area contributed by atoms with Crippen molar-refractivity contribution in [3.63, 3.8) is 0 Å². The van der Waals surface area contributed by atoms with Crippen LogP contribution in [0.4, 0.5) is 0 Å². The Labute approximate surface area is 117 Å². The minimum absolute atomic E-state index is 0.530. The van der Waals surface area contributed by atoms with E-state index in [0.29, 0.717) is 5.41 Å². The Balaban J connectivity index is 1.99. The molecular formula is C14H22BrNS. The third kappa shape index (κ3) is 3.55. The lowest BCUT2D eigenvalue weighted by Gasteiger charge is -2.29. The normalized spacial score (nSPS) is 18.7. The first-order valence-corrected chi connectivity index (χ1v) is 8.36. The number of hydrogen-bond donors (Lipinski definition) is 1. The van der Waals surface area contributed by atoms with Crippen LogP contribution in [-0.4, -0.2) is 13.1 Å². The molecule has 1 aromatic heterocycles. The quantitative estimate of drug-likeness (QED) is 0.756. The Morgan fingerprint density at radius 3 is 2.76 bits per heavy atom. The Morgan fingerprint density at radius 1 is 1.41 bits per heavy atom. The lowest BCUT2D eigenvalue weighted by molar-refractivity contribution is 0.280. The molecule has 0 radical (unpaired) electrons. The SMILES string of the molecule is CCCNCC1(Cc2sccc2Br)CCCC1. The van der Waals surface area contributed by atoms with Crippen molar-refractivity contribution < 1.29 is 0 Å². The van der Waals surface area contributed by atoms with Crippen LogP contribution in [-0.2, 0) is 6.42 Å². The maximum Gasteiger partial charge on any atom is 0.0314 e. The molecule has 1 heterocycles. The van der Waals surface area contributed by atoms with Crippen LogP contribution in [0.5, 0.6) is 0 Å². The van der Waals surface area contributed by atoms with Gasteiger partial charge in [0.15, 0.2) is 0 Å². The summed E-state index contributed by atoms with van der Waals surface area (Å²) in [5, 5.41) is 5.84. The van der Waals surface area contributed by atoms with Gasteiger partial charge in [-0.1, -0.05) is 19.8 Å². The van der Waals surface area contributed by atoms with Gasteiger partial charge in [0.25, 0.3) is 0 Å². The molecule has 0 aliphatic heterocycles. The fourth-order valence-corrected chi connectivity index (χ4v) is 4.53. The van der Waals surface area contributed by atoms with Crippen LogP contribution in [0.3, 0.4) is 0 Å². The van der Waals surface area contributed by atoms with Crippen molar-refractivity contribution in [1.82, 2.24) is 5.32 Å². The zero-order valence-electron chi connectivity index (χ0n) is 10.6. The van der Waals surface area contributed by atoms with Crippen molar-refractivity contribution in [2.75, 3.05) is 13.1 Å². The van der Waals surface area contributed by atoms with Gasteiger partial charge in [-0.2, -0.15) is 0 Å². The zero-order valence-corrected chi connectivity index (χ0v) is 13.0. The smallest absolute Gasteiger partial charge is 0.0314 e. The summed E-state index contributed by atoms with van der Waals surface area (Å²) in [4.78, 5) is 1.53. The molecule has 0 spiro atoms. The molecule has 1 aliphatic carbocycles. The number of hydrogen-bond acceptors (Lipinski definition) is 2. The summed E-state index contributed by atoms with van der Waals surface area (Å²) in [6.45, 7) is 4.60. The third-order valence-corrected chi connectivity index (χ3v) is 5.74. The van der Waals surface area contributed by atoms with Crippen LogP contribution >= 0.6 is 27.3 Å². The second kappa shape index (κ2) is 6.35. The van der Waals surface area contributed by atoms with Gasteiger partial charge in [-0.25, -0.2) is 0 Å². The molecule has 96 valence electrons. The van der Waals surface area contributed by atoms with Gasteiger partial charge in [0.1, 0.15) is 0 Å². The maximum absolute atomic E-state index is 3.67. The highest BCUT2D eigenvalue weighted by atomic mass is 79.9. The maximum atomic E-state index is 3.67. The zero-order chi connectivity index (χ0) is 12.1. The van der Waals surface area contributed by atoms with E-state index in [1.54, 1.807) is 0 Å². The molecule has 0 saturated heterocycles. The predicted molar refractivity (Wildman–Crippen MR) is 79.8 cm³/mol. The summed E-state index contributed by atoms with van der Waals surface area (Å²) in [6, 6.07) is 2.18. The van der Waals surface area contributed by atoms with Crippen molar-refractivity contribution in [1.29, 1.82) is 0 Å². The summed E-state index contributed by atoms with van der Waals surface area (Å²) < 4.78 is 1.31. The van der Waals surface area contributed by atoms with Crippen LogP contribution in [0.1, 0.15) is 43.9 Å². The molecule has 1 aliphatic rings. The number of nitrogens with one attached hydrogen (secondary N) is 1. The molecule has 2 rings (SSSR count). The summed E-state index contributed by atoms with van der Waals surface area (Å²) >= 11 is 5.57. The standard InChI is InChI=1S/C14H22BrNS/c1-2-8-16-11-14(6-3-4-7-14)10-13-12(15)5-9-17-13/h5,9,16H,2-4,6-8,10-11H2,1H3. The highest BCUT2D eigenvalue weighted by Gasteiger charge is 2.34. The van der Waals surface area contributed by atoms with Crippen molar-refractivity contribution in [3.05, 3.63) is 20.8 Å². The monoisotopic (exact) mass is 315 g/mol. The third-order valence-electron chi connectivity index (χ3n) is 3.82. The van der Waals surface area contributed by atoms with Crippen LogP contribution in [0.15, 0.2) is 15.9 Å². The first kappa shape index (κ1) is 13.6. The first-order chi connectivity index (χ1) is 8.26. The summed E-state index contributed by atoms with van der Waals surface area (Å²) in [7, 11) is 0. The van der Waals surface area contributed by atoms with Crippen LogP contribution in [0.2, 0.25) is 0 Å². The van der Waals surface area contributed by atoms with E-state index < -0.39 is 0 Å². The van der Waals surface area contributed by atoms with E-state index in [0.717, 1.165) is 6.54 Å². The highest BCUT2D eigenvalue weighted by Crippen LogP contribution is 2.42. The van der Waals surface area contributed by atoms with Gasteiger partial charge < -0.3 is 5.32 Å². The Kier molecular flexibility index (Phi) is 5.07. The number of halogens is 1.